The van der Waals surface area contributed by atoms with Crippen LogP contribution in [0.25, 0.3) is 0 Å². The zero-order chi connectivity index (χ0) is 30.2. The fourth-order valence-corrected chi connectivity index (χ4v) is 4.42. The number of aliphatic hydroxyl groups excluding tert-OH is 2. The predicted octanol–water partition coefficient (Wildman–Crippen LogP) is 4.04. The highest BCUT2D eigenvalue weighted by Crippen LogP contribution is 2.37. The molecule has 3 aromatic rings. The van der Waals surface area contributed by atoms with Crippen LogP contribution in [-0.4, -0.2) is 50.8 Å². The first kappa shape index (κ1) is 30.4. The average molecular weight is 582 g/mol. The summed E-state index contributed by atoms with van der Waals surface area (Å²) in [5.74, 6) is -0.697. The highest BCUT2D eigenvalue weighted by atomic mass is 19.1. The summed E-state index contributed by atoms with van der Waals surface area (Å²) >= 11 is 0. The summed E-state index contributed by atoms with van der Waals surface area (Å²) in [4.78, 5) is 40.5. The summed E-state index contributed by atoms with van der Waals surface area (Å²) < 4.78 is 31.0. The number of amides is 1. The quantitative estimate of drug-likeness (QED) is 0.302. The summed E-state index contributed by atoms with van der Waals surface area (Å²) in [6.45, 7) is 3.47. The molecular weight excluding hydrogens is 549 g/mol. The molecule has 0 bridgehead atoms. The van der Waals surface area contributed by atoms with E-state index in [4.69, 9.17) is 14.2 Å². The number of rotatable bonds is 10. The van der Waals surface area contributed by atoms with Gasteiger partial charge in [0.2, 0.25) is 0 Å². The lowest BCUT2D eigenvalue weighted by Crippen LogP contribution is -2.36. The van der Waals surface area contributed by atoms with Crippen LogP contribution in [0.15, 0.2) is 83.1 Å². The highest BCUT2D eigenvalue weighted by Gasteiger charge is 2.44. The van der Waals surface area contributed by atoms with Crippen LogP contribution in [0.1, 0.15) is 36.6 Å². The van der Waals surface area contributed by atoms with Crippen LogP contribution < -0.4 is 11.0 Å². The van der Waals surface area contributed by atoms with Gasteiger partial charge in [0.05, 0.1) is 0 Å². The van der Waals surface area contributed by atoms with Gasteiger partial charge in [-0.15, -0.1) is 0 Å². The molecule has 3 atom stereocenters. The van der Waals surface area contributed by atoms with Gasteiger partial charge < -0.3 is 24.4 Å². The summed E-state index contributed by atoms with van der Waals surface area (Å²) in [6.07, 6.45) is -3.43. The van der Waals surface area contributed by atoms with Gasteiger partial charge in [-0.2, -0.15) is 4.98 Å². The average Bonchev–Trinajstić information content (AvgIpc) is 3.17. The second kappa shape index (κ2) is 13.9. The van der Waals surface area contributed by atoms with Crippen molar-refractivity contribution in [2.24, 2.45) is 5.92 Å². The topological polar surface area (TPSA) is 149 Å². The number of carbonyl (C=O) groups excluding carboxylic acids is 2. The molecule has 0 fully saturated rings. The maximum Gasteiger partial charge on any atom is 0.508 e. The van der Waals surface area contributed by atoms with Crippen molar-refractivity contribution in [3.63, 3.8) is 0 Å². The smallest absolute Gasteiger partial charge is 0.444 e. The molecular formula is C30H32FN3O8. The lowest BCUT2D eigenvalue weighted by molar-refractivity contribution is 0.0181. The first-order chi connectivity index (χ1) is 20.1. The van der Waals surface area contributed by atoms with Crippen molar-refractivity contribution in [2.75, 3.05) is 11.9 Å². The third kappa shape index (κ3) is 7.80. The van der Waals surface area contributed by atoms with Crippen LogP contribution in [-0.2, 0) is 33.8 Å². The van der Waals surface area contributed by atoms with Crippen LogP contribution in [0.3, 0.4) is 0 Å². The van der Waals surface area contributed by atoms with E-state index in [1.165, 1.54) is 11.6 Å². The van der Waals surface area contributed by atoms with Crippen molar-refractivity contribution < 1.29 is 38.4 Å². The number of benzene rings is 2. The number of carbonyl (C=O) groups is 2. The van der Waals surface area contributed by atoms with Gasteiger partial charge in [-0.3, -0.25) is 9.88 Å². The molecule has 1 aliphatic rings. The van der Waals surface area contributed by atoms with Crippen molar-refractivity contribution in [3.8, 4) is 0 Å². The van der Waals surface area contributed by atoms with Gasteiger partial charge in [0.15, 0.2) is 0 Å². The first-order valence-corrected chi connectivity index (χ1v) is 13.3. The standard InChI is InChI=1S/C30H32FN3O8/c1-18(2)14-19-8-10-21(11-9-19)15-40-29(38)33-23-12-13-34(28(37)32-23)25-24(31)22(26(35)27(25)36)17-42-30(39)41-16-20-6-4-3-5-7-20/h3-13,18,25-27,35-36H,14-17H2,1-2H3,(H,32,33,37,38)/t25-,26+,27-/m1/s1. The zero-order valence-electron chi connectivity index (χ0n) is 23.1. The van der Waals surface area contributed by atoms with Crippen LogP contribution in [0, 0.1) is 5.92 Å². The van der Waals surface area contributed by atoms with Crippen molar-refractivity contribution in [1.29, 1.82) is 0 Å². The molecule has 0 radical (unpaired) electrons. The zero-order valence-corrected chi connectivity index (χ0v) is 23.1. The first-order valence-electron chi connectivity index (χ1n) is 13.3. The number of aliphatic hydroxyl groups is 2. The molecule has 1 amide bonds. The molecule has 0 saturated carbocycles. The van der Waals surface area contributed by atoms with Gasteiger partial charge in [-0.25, -0.2) is 18.8 Å². The van der Waals surface area contributed by atoms with Crippen molar-refractivity contribution in [1.82, 2.24) is 9.55 Å². The van der Waals surface area contributed by atoms with E-state index in [0.29, 0.717) is 11.5 Å². The largest absolute Gasteiger partial charge is 0.508 e. The fourth-order valence-electron chi connectivity index (χ4n) is 4.42. The highest BCUT2D eigenvalue weighted by molar-refractivity contribution is 5.83. The van der Waals surface area contributed by atoms with E-state index in [9.17, 15) is 24.6 Å². The minimum absolute atomic E-state index is 0.00232. The van der Waals surface area contributed by atoms with E-state index in [2.05, 4.69) is 24.1 Å². The lowest BCUT2D eigenvalue weighted by atomic mass is 10.0. The van der Waals surface area contributed by atoms with E-state index in [0.717, 1.165) is 22.7 Å². The normalized spacial score (nSPS) is 18.2. The molecule has 1 aliphatic carbocycles. The minimum atomic E-state index is -1.76. The molecule has 0 aliphatic heterocycles. The Balaban J connectivity index is 1.33. The van der Waals surface area contributed by atoms with E-state index >= 15 is 4.39 Å². The van der Waals surface area contributed by atoms with Gasteiger partial charge in [-0.1, -0.05) is 68.4 Å². The monoisotopic (exact) mass is 581 g/mol. The van der Waals surface area contributed by atoms with Crippen LogP contribution in [0.2, 0.25) is 0 Å². The second-order valence-corrected chi connectivity index (χ2v) is 10.2. The van der Waals surface area contributed by atoms with Gasteiger partial charge >= 0.3 is 17.9 Å². The Kier molecular flexibility index (Phi) is 10.0. The number of hydrogen-bond donors (Lipinski definition) is 3. The molecule has 0 saturated heterocycles. The van der Waals surface area contributed by atoms with Gasteiger partial charge in [0, 0.05) is 11.8 Å². The molecule has 12 heteroatoms. The minimum Gasteiger partial charge on any atom is -0.444 e. The van der Waals surface area contributed by atoms with E-state index in [1.54, 1.807) is 30.3 Å². The third-order valence-electron chi connectivity index (χ3n) is 6.51. The third-order valence-corrected chi connectivity index (χ3v) is 6.51. The van der Waals surface area contributed by atoms with E-state index < -0.39 is 54.2 Å². The van der Waals surface area contributed by atoms with Crippen LogP contribution in [0.5, 0.6) is 0 Å². The maximum absolute atomic E-state index is 15.2. The molecule has 42 heavy (non-hydrogen) atoms. The molecule has 4 rings (SSSR count). The Hall–Kier alpha value is -4.55. The summed E-state index contributed by atoms with van der Waals surface area (Å²) in [5, 5.41) is 23.2. The number of nitrogens with one attached hydrogen (secondary N) is 1. The van der Waals surface area contributed by atoms with Gasteiger partial charge in [-0.05, 0) is 35.1 Å². The Bertz CT molecular complexity index is 1470. The molecule has 3 N–H and O–H groups in total. The number of anilines is 1. The number of aromatic nitrogens is 2. The number of hydrogen-bond acceptors (Lipinski definition) is 9. The molecule has 1 aromatic heterocycles. The maximum atomic E-state index is 15.2. The number of ether oxygens (including phenoxy) is 3. The Morgan fingerprint density at radius 3 is 2.21 bits per heavy atom. The lowest BCUT2D eigenvalue weighted by Gasteiger charge is -2.19. The Morgan fingerprint density at radius 1 is 0.929 bits per heavy atom. The Labute approximate surface area is 241 Å². The van der Waals surface area contributed by atoms with Crippen LogP contribution >= 0.6 is 0 Å². The van der Waals surface area contributed by atoms with Crippen molar-refractivity contribution in [2.45, 2.75) is 51.7 Å². The SMILES string of the molecule is CC(C)Cc1ccc(COC(=O)Nc2ccn([C@@H]3C(F)=C(COC(=O)OCc4ccccc4)[C@H](O)[C@@H]3O)c(=O)n2)cc1. The van der Waals surface area contributed by atoms with Crippen LogP contribution in [0.4, 0.5) is 19.8 Å². The Morgan fingerprint density at radius 2 is 1.55 bits per heavy atom. The molecule has 0 unspecified atom stereocenters. The van der Waals surface area contributed by atoms with E-state index in [1.807, 2.05) is 24.3 Å². The van der Waals surface area contributed by atoms with E-state index in [-0.39, 0.29) is 19.0 Å². The molecule has 2 aromatic carbocycles. The van der Waals surface area contributed by atoms with Gasteiger partial charge in [0.25, 0.3) is 0 Å². The number of halogens is 1. The van der Waals surface area contributed by atoms with Crippen molar-refractivity contribution >= 4 is 18.1 Å². The summed E-state index contributed by atoms with van der Waals surface area (Å²) in [5.41, 5.74) is 1.24. The van der Waals surface area contributed by atoms with Gasteiger partial charge in [0.1, 0.15) is 49.7 Å². The molecule has 1 heterocycles. The summed E-state index contributed by atoms with van der Waals surface area (Å²) in [6, 6.07) is 16.0. The molecule has 11 nitrogen and oxygen atoms in total. The number of nitrogens with zero attached hydrogens (tertiary/aromatic N) is 2. The summed E-state index contributed by atoms with van der Waals surface area (Å²) in [7, 11) is 0. The molecule has 222 valence electrons. The second-order valence-electron chi connectivity index (χ2n) is 10.2. The molecule has 0 spiro atoms. The fraction of sp³-hybridized carbons (Fsp3) is 0.333. The predicted molar refractivity (Wildman–Crippen MR) is 149 cm³/mol. The van der Waals surface area contributed by atoms with Crippen molar-refractivity contribution in [3.05, 3.63) is 105 Å².